The van der Waals surface area contributed by atoms with E-state index in [-0.39, 0.29) is 25.4 Å². The standard InChI is InChI=1S/C18H32N4O14P2/c1-18(2,9-35-37(28,29)30)14(25)15(26)20-5-3-7-33-38(31,32)34-8-10-12(23)13(24)16(36-10)22-6-4-11(19)21-17(22)27/h4,6,10,12-14,16,23-25H,3,5,7-9H2,1-2H3,(H,20,26)(H,31,32)(H2,19,21,27)(H2,28,29,30)/t10-,12-,13-,14+,16-/m1/s1. The van der Waals surface area contributed by atoms with Crippen LogP contribution in [0.1, 0.15) is 26.5 Å². The molecular formula is C18H32N4O14P2. The molecule has 0 spiro atoms. The number of nitrogens with two attached hydrogens (primary N) is 1. The summed E-state index contributed by atoms with van der Waals surface area (Å²) in [5.74, 6) is -0.937. The minimum absolute atomic E-state index is 0.00216. The molecule has 1 fully saturated rings. The Hall–Kier alpha value is -1.79. The lowest BCUT2D eigenvalue weighted by Gasteiger charge is -2.29. The molecule has 0 radical (unpaired) electrons. The van der Waals surface area contributed by atoms with Gasteiger partial charge in [0.15, 0.2) is 6.23 Å². The predicted octanol–water partition coefficient (Wildman–Crippen LogP) is -2.42. The third-order valence-electron chi connectivity index (χ3n) is 5.33. The molecule has 1 aliphatic rings. The Bertz CT molecular complexity index is 1110. The van der Waals surface area contributed by atoms with Gasteiger partial charge in [-0.15, -0.1) is 0 Å². The predicted molar refractivity (Wildman–Crippen MR) is 126 cm³/mol. The van der Waals surface area contributed by atoms with Gasteiger partial charge in [-0.3, -0.25) is 22.9 Å². The molecule has 18 nitrogen and oxygen atoms in total. The molecule has 1 aromatic rings. The van der Waals surface area contributed by atoms with Gasteiger partial charge in [0.05, 0.1) is 19.8 Å². The molecule has 0 bridgehead atoms. The van der Waals surface area contributed by atoms with E-state index in [1.807, 2.05) is 0 Å². The second kappa shape index (κ2) is 13.0. The number of aliphatic hydroxyl groups is 3. The highest BCUT2D eigenvalue weighted by Crippen LogP contribution is 2.44. The smallest absolute Gasteiger partial charge is 0.387 e. The summed E-state index contributed by atoms with van der Waals surface area (Å²) in [6.45, 7) is 0.937. The molecule has 2 heterocycles. The molecule has 9 N–H and O–H groups in total. The van der Waals surface area contributed by atoms with Crippen molar-refractivity contribution in [2.45, 2.75) is 50.9 Å². The summed E-state index contributed by atoms with van der Waals surface area (Å²) in [7, 11) is -9.45. The van der Waals surface area contributed by atoms with Crippen LogP contribution in [0.5, 0.6) is 0 Å². The van der Waals surface area contributed by atoms with Gasteiger partial charge in [0.1, 0.15) is 30.2 Å². The summed E-state index contributed by atoms with van der Waals surface area (Å²) in [5.41, 5.74) is 3.22. The third kappa shape index (κ3) is 9.44. The number of nitrogen functional groups attached to an aromatic ring is 1. The van der Waals surface area contributed by atoms with E-state index in [1.54, 1.807) is 0 Å². The molecule has 20 heteroatoms. The Kier molecular flexibility index (Phi) is 11.1. The zero-order chi connectivity index (χ0) is 28.9. The number of rotatable bonds is 14. The Labute approximate surface area is 216 Å². The second-order valence-electron chi connectivity index (χ2n) is 8.99. The van der Waals surface area contributed by atoms with Crippen LogP contribution in [0.2, 0.25) is 0 Å². The zero-order valence-electron chi connectivity index (χ0n) is 20.4. The lowest BCUT2D eigenvalue weighted by Crippen LogP contribution is -2.46. The number of hydrogen-bond acceptors (Lipinski definition) is 13. The summed E-state index contributed by atoms with van der Waals surface area (Å²) in [4.78, 5) is 54.9. The highest BCUT2D eigenvalue weighted by Gasteiger charge is 2.45. The average Bonchev–Trinajstić information content (AvgIpc) is 3.09. The lowest BCUT2D eigenvalue weighted by atomic mass is 9.87. The number of hydrogen-bond donors (Lipinski definition) is 8. The topological polar surface area (TPSA) is 282 Å². The molecule has 0 aliphatic carbocycles. The SMILES string of the molecule is CC(C)(COP(=O)(O)O)[C@@H](O)C(=O)NCCCOP(=O)(O)OC[C@H]1O[C@@H](n2ccc(N)nc2=O)[C@H](O)[C@@H]1O. The van der Waals surface area contributed by atoms with Crippen LogP contribution in [0.3, 0.4) is 0 Å². The Morgan fingerprint density at radius 2 is 1.89 bits per heavy atom. The molecule has 1 amide bonds. The van der Waals surface area contributed by atoms with Crippen LogP contribution >= 0.6 is 15.6 Å². The van der Waals surface area contributed by atoms with Crippen molar-refractivity contribution in [1.82, 2.24) is 14.9 Å². The molecule has 218 valence electrons. The molecular weight excluding hydrogens is 558 g/mol. The van der Waals surface area contributed by atoms with Crippen molar-refractivity contribution in [3.63, 3.8) is 0 Å². The summed E-state index contributed by atoms with van der Waals surface area (Å²) in [6, 6.07) is 1.27. The van der Waals surface area contributed by atoms with E-state index in [9.17, 15) is 38.9 Å². The molecule has 0 saturated carbocycles. The van der Waals surface area contributed by atoms with Crippen LogP contribution < -0.4 is 16.7 Å². The first-order chi connectivity index (χ1) is 17.4. The molecule has 1 aliphatic heterocycles. The van der Waals surface area contributed by atoms with Gasteiger partial charge >= 0.3 is 21.3 Å². The van der Waals surface area contributed by atoms with Gasteiger partial charge < -0.3 is 45.8 Å². The Morgan fingerprint density at radius 1 is 1.24 bits per heavy atom. The number of aromatic nitrogens is 2. The molecule has 38 heavy (non-hydrogen) atoms. The number of nitrogens with one attached hydrogen (secondary N) is 1. The maximum Gasteiger partial charge on any atom is 0.472 e. The number of phosphoric acid groups is 2. The van der Waals surface area contributed by atoms with Crippen molar-refractivity contribution < 1.29 is 62.2 Å². The van der Waals surface area contributed by atoms with Gasteiger partial charge in [0.25, 0.3) is 0 Å². The number of amides is 1. The van der Waals surface area contributed by atoms with Crippen LogP contribution in [-0.2, 0) is 32.2 Å². The summed E-state index contributed by atoms with van der Waals surface area (Å²) in [6.07, 6.45) is -6.31. The lowest BCUT2D eigenvalue weighted by molar-refractivity contribution is -0.136. The minimum Gasteiger partial charge on any atom is -0.387 e. The first-order valence-corrected chi connectivity index (χ1v) is 14.1. The van der Waals surface area contributed by atoms with E-state index >= 15 is 0 Å². The first-order valence-electron chi connectivity index (χ1n) is 11.1. The summed E-state index contributed by atoms with van der Waals surface area (Å²) in [5, 5.41) is 32.8. The van der Waals surface area contributed by atoms with E-state index < -0.39 is 76.5 Å². The molecule has 1 unspecified atom stereocenters. The fourth-order valence-corrected chi connectivity index (χ4v) is 4.44. The number of nitrogens with zero attached hydrogens (tertiary/aromatic N) is 2. The quantitative estimate of drug-likeness (QED) is 0.0826. The van der Waals surface area contributed by atoms with Crippen LogP contribution in [0, 0.1) is 5.41 Å². The first kappa shape index (κ1) is 32.4. The van der Waals surface area contributed by atoms with Crippen molar-refractivity contribution >= 4 is 27.4 Å². The van der Waals surface area contributed by atoms with Crippen LogP contribution in [-0.4, -0.2) is 96.2 Å². The fraction of sp³-hybridized carbons (Fsp3) is 0.722. The molecule has 2 rings (SSSR count). The molecule has 0 aromatic carbocycles. The van der Waals surface area contributed by atoms with Gasteiger partial charge in [-0.25, -0.2) is 13.9 Å². The Balaban J connectivity index is 1.75. The highest BCUT2D eigenvalue weighted by molar-refractivity contribution is 7.47. The largest absolute Gasteiger partial charge is 0.472 e. The Morgan fingerprint density at radius 3 is 2.50 bits per heavy atom. The van der Waals surface area contributed by atoms with Crippen molar-refractivity contribution in [2.24, 2.45) is 5.41 Å². The summed E-state index contributed by atoms with van der Waals surface area (Å²) >= 11 is 0. The number of aliphatic hydroxyl groups excluding tert-OH is 3. The van der Waals surface area contributed by atoms with E-state index in [0.29, 0.717) is 0 Å². The molecule has 1 aromatic heterocycles. The van der Waals surface area contributed by atoms with Crippen molar-refractivity contribution in [2.75, 3.05) is 32.1 Å². The van der Waals surface area contributed by atoms with Gasteiger partial charge in [0, 0.05) is 18.2 Å². The maximum atomic E-state index is 12.1. The number of carbonyl (C=O) groups is 1. The highest BCUT2D eigenvalue weighted by atomic mass is 31.2. The van der Waals surface area contributed by atoms with Crippen molar-refractivity contribution in [3.8, 4) is 0 Å². The number of ether oxygens (including phenoxy) is 1. The van der Waals surface area contributed by atoms with Crippen LogP contribution in [0.15, 0.2) is 17.1 Å². The van der Waals surface area contributed by atoms with E-state index in [4.69, 9.17) is 29.3 Å². The normalized spacial score (nSPS) is 24.6. The average molecular weight is 590 g/mol. The minimum atomic E-state index is -4.79. The van der Waals surface area contributed by atoms with E-state index in [1.165, 1.54) is 26.1 Å². The number of carbonyl (C=O) groups excluding carboxylic acids is 1. The van der Waals surface area contributed by atoms with Gasteiger partial charge in [-0.1, -0.05) is 13.8 Å². The maximum absolute atomic E-state index is 12.1. The van der Waals surface area contributed by atoms with E-state index in [2.05, 4.69) is 14.8 Å². The monoisotopic (exact) mass is 590 g/mol. The van der Waals surface area contributed by atoms with Crippen molar-refractivity contribution in [1.29, 1.82) is 0 Å². The van der Waals surface area contributed by atoms with Crippen LogP contribution in [0.25, 0.3) is 0 Å². The van der Waals surface area contributed by atoms with Crippen molar-refractivity contribution in [3.05, 3.63) is 22.7 Å². The third-order valence-corrected chi connectivity index (χ3v) is 6.78. The summed E-state index contributed by atoms with van der Waals surface area (Å²) < 4.78 is 43.1. The molecule has 6 atom stereocenters. The zero-order valence-corrected chi connectivity index (χ0v) is 22.2. The van der Waals surface area contributed by atoms with Gasteiger partial charge in [-0.2, -0.15) is 4.98 Å². The fourth-order valence-electron chi connectivity index (χ4n) is 3.17. The van der Waals surface area contributed by atoms with Gasteiger partial charge in [0.2, 0.25) is 5.91 Å². The molecule has 1 saturated heterocycles. The second-order valence-corrected chi connectivity index (χ2v) is 11.7. The number of anilines is 1. The number of phosphoric ester groups is 2. The van der Waals surface area contributed by atoms with Crippen LogP contribution in [0.4, 0.5) is 5.82 Å². The van der Waals surface area contributed by atoms with E-state index in [0.717, 1.165) is 4.57 Å². The van der Waals surface area contributed by atoms with Gasteiger partial charge in [-0.05, 0) is 12.5 Å².